The number of hydrogen-bond donors (Lipinski definition) is 1. The zero-order valence-electron chi connectivity index (χ0n) is 20.1. The average molecular weight is 527 g/mol. The van der Waals surface area contributed by atoms with Gasteiger partial charge in [-0.25, -0.2) is 26.3 Å². The lowest BCUT2D eigenvalue weighted by molar-refractivity contribution is 0.592. The molecule has 0 spiro atoms. The Morgan fingerprint density at radius 1 is 1.00 bits per heavy atom. The smallest absolute Gasteiger partial charge is 0.245 e. The Balaban J connectivity index is 1.53. The SMILES string of the molecule is CN(c1ccccc1-c1ccc2cnc(Nc3ccc4c(c3)N(S(C)(=O)=O)CCC4)nn12)S(C)(=O)=O. The molecule has 36 heavy (non-hydrogen) atoms. The maximum absolute atomic E-state index is 12.3. The lowest BCUT2D eigenvalue weighted by Gasteiger charge is -2.29. The highest BCUT2D eigenvalue weighted by atomic mass is 32.2. The van der Waals surface area contributed by atoms with E-state index in [1.165, 1.54) is 21.9 Å². The van der Waals surface area contributed by atoms with Gasteiger partial charge in [0.15, 0.2) is 0 Å². The first-order valence-corrected chi connectivity index (χ1v) is 15.0. The van der Waals surface area contributed by atoms with Gasteiger partial charge in [-0.3, -0.25) is 8.61 Å². The summed E-state index contributed by atoms with van der Waals surface area (Å²) in [4.78, 5) is 4.40. The van der Waals surface area contributed by atoms with Gasteiger partial charge in [-0.15, -0.1) is 5.10 Å². The molecule has 0 atom stereocenters. The molecule has 0 saturated carbocycles. The predicted molar refractivity (Wildman–Crippen MR) is 142 cm³/mol. The van der Waals surface area contributed by atoms with E-state index >= 15 is 0 Å². The summed E-state index contributed by atoms with van der Waals surface area (Å²) in [5.74, 6) is 0.315. The van der Waals surface area contributed by atoms with Gasteiger partial charge in [0, 0.05) is 24.8 Å². The molecule has 4 aromatic rings. The Morgan fingerprint density at radius 2 is 1.78 bits per heavy atom. The molecule has 2 aromatic carbocycles. The third kappa shape index (κ3) is 4.49. The Kier molecular flexibility index (Phi) is 5.87. The van der Waals surface area contributed by atoms with E-state index in [1.807, 2.05) is 36.4 Å². The van der Waals surface area contributed by atoms with Crippen LogP contribution in [0.15, 0.2) is 60.8 Å². The van der Waals surface area contributed by atoms with Crippen LogP contribution in [0.3, 0.4) is 0 Å². The molecule has 1 aliphatic rings. The van der Waals surface area contributed by atoms with Gasteiger partial charge in [0.05, 0.1) is 41.3 Å². The molecule has 10 nitrogen and oxygen atoms in total. The van der Waals surface area contributed by atoms with E-state index in [4.69, 9.17) is 0 Å². The molecule has 0 saturated heterocycles. The number of aromatic nitrogens is 3. The summed E-state index contributed by atoms with van der Waals surface area (Å²) >= 11 is 0. The number of anilines is 4. The van der Waals surface area contributed by atoms with Crippen molar-refractivity contribution in [3.05, 3.63) is 66.4 Å². The van der Waals surface area contributed by atoms with Crippen molar-refractivity contribution in [2.75, 3.05) is 40.0 Å². The van der Waals surface area contributed by atoms with E-state index in [0.717, 1.165) is 30.2 Å². The molecule has 0 bridgehead atoms. The molecule has 2 aromatic heterocycles. The van der Waals surface area contributed by atoms with E-state index < -0.39 is 20.0 Å². The summed E-state index contributed by atoms with van der Waals surface area (Å²) < 4.78 is 53.3. The standard InChI is InChI=1S/C24H26N6O4S2/c1-28(35(2,31)32)21-9-5-4-8-20(21)22-13-12-19-16-25-24(27-30(19)22)26-18-11-10-17-7-6-14-29(23(17)15-18)36(3,33)34/h4-5,8-13,15-16H,6-7,14H2,1-3H3,(H,26,27). The molecule has 0 amide bonds. The molecular formula is C24H26N6O4S2. The number of benzene rings is 2. The highest BCUT2D eigenvalue weighted by Gasteiger charge is 2.24. The van der Waals surface area contributed by atoms with Gasteiger partial charge < -0.3 is 5.32 Å². The van der Waals surface area contributed by atoms with Crippen LogP contribution in [0.4, 0.5) is 23.0 Å². The predicted octanol–water partition coefficient (Wildman–Crippen LogP) is 3.25. The zero-order chi connectivity index (χ0) is 25.7. The number of para-hydroxylation sites is 1. The summed E-state index contributed by atoms with van der Waals surface area (Å²) in [6.45, 7) is 0.450. The van der Waals surface area contributed by atoms with Gasteiger partial charge >= 0.3 is 0 Å². The number of nitrogens with one attached hydrogen (secondary N) is 1. The molecule has 5 rings (SSSR count). The van der Waals surface area contributed by atoms with E-state index in [0.29, 0.717) is 40.8 Å². The molecule has 0 radical (unpaired) electrons. The zero-order valence-corrected chi connectivity index (χ0v) is 21.7. The Bertz CT molecular complexity index is 1680. The Morgan fingerprint density at radius 3 is 2.53 bits per heavy atom. The first-order chi connectivity index (χ1) is 17.0. The average Bonchev–Trinajstić information content (AvgIpc) is 3.25. The van der Waals surface area contributed by atoms with Gasteiger partial charge in [0.1, 0.15) is 0 Å². The van der Waals surface area contributed by atoms with Gasteiger partial charge in [0.25, 0.3) is 0 Å². The second-order valence-electron chi connectivity index (χ2n) is 8.79. The van der Waals surface area contributed by atoms with Crippen molar-refractivity contribution >= 4 is 48.6 Å². The fourth-order valence-electron chi connectivity index (χ4n) is 4.40. The van der Waals surface area contributed by atoms with Crippen LogP contribution in [0, 0.1) is 0 Å². The third-order valence-electron chi connectivity index (χ3n) is 6.23. The van der Waals surface area contributed by atoms with E-state index in [9.17, 15) is 16.8 Å². The van der Waals surface area contributed by atoms with E-state index in [-0.39, 0.29) is 0 Å². The van der Waals surface area contributed by atoms with Crippen molar-refractivity contribution in [1.82, 2.24) is 14.6 Å². The molecule has 0 unspecified atom stereocenters. The summed E-state index contributed by atoms with van der Waals surface area (Å²) in [6.07, 6.45) is 5.64. The molecule has 0 fully saturated rings. The molecule has 188 valence electrons. The Labute approximate surface area is 210 Å². The summed E-state index contributed by atoms with van der Waals surface area (Å²) in [6, 6.07) is 16.6. The fraction of sp³-hybridized carbons (Fsp3) is 0.250. The summed E-state index contributed by atoms with van der Waals surface area (Å²) in [5, 5.41) is 7.82. The minimum Gasteiger partial charge on any atom is -0.323 e. The lowest BCUT2D eigenvalue weighted by Crippen LogP contribution is -2.34. The van der Waals surface area contributed by atoms with Crippen molar-refractivity contribution in [2.45, 2.75) is 12.8 Å². The second-order valence-corrected chi connectivity index (χ2v) is 12.7. The quantitative estimate of drug-likeness (QED) is 0.410. The number of aryl methyl sites for hydroxylation is 1. The number of rotatable bonds is 6. The molecule has 12 heteroatoms. The monoisotopic (exact) mass is 526 g/mol. The largest absolute Gasteiger partial charge is 0.323 e. The maximum atomic E-state index is 12.3. The normalized spacial score (nSPS) is 14.0. The highest BCUT2D eigenvalue weighted by molar-refractivity contribution is 7.92. The van der Waals surface area contributed by atoms with E-state index in [2.05, 4.69) is 15.4 Å². The highest BCUT2D eigenvalue weighted by Crippen LogP contribution is 2.34. The van der Waals surface area contributed by atoms with Gasteiger partial charge in [0.2, 0.25) is 26.0 Å². The summed E-state index contributed by atoms with van der Waals surface area (Å²) in [5.41, 5.74) is 4.98. The first-order valence-electron chi connectivity index (χ1n) is 11.3. The van der Waals surface area contributed by atoms with Gasteiger partial charge in [-0.05, 0) is 48.7 Å². The van der Waals surface area contributed by atoms with Crippen LogP contribution in [0.5, 0.6) is 0 Å². The first kappa shape index (κ1) is 24.1. The van der Waals surface area contributed by atoms with Crippen LogP contribution < -0.4 is 13.9 Å². The number of fused-ring (bicyclic) bond motifs is 2. The fourth-order valence-corrected chi connectivity index (χ4v) is 5.90. The molecule has 1 aliphatic heterocycles. The molecule has 3 heterocycles. The lowest BCUT2D eigenvalue weighted by atomic mass is 10.0. The molecule has 0 aliphatic carbocycles. The minimum absolute atomic E-state index is 0.315. The number of nitrogens with zero attached hydrogens (tertiary/aromatic N) is 5. The van der Waals surface area contributed by atoms with Crippen LogP contribution >= 0.6 is 0 Å². The maximum Gasteiger partial charge on any atom is 0.245 e. The van der Waals surface area contributed by atoms with Crippen molar-refractivity contribution in [3.8, 4) is 11.3 Å². The van der Waals surface area contributed by atoms with Gasteiger partial charge in [-0.2, -0.15) is 0 Å². The van der Waals surface area contributed by atoms with Crippen molar-refractivity contribution < 1.29 is 16.8 Å². The van der Waals surface area contributed by atoms with Crippen molar-refractivity contribution in [2.24, 2.45) is 0 Å². The van der Waals surface area contributed by atoms with Gasteiger partial charge in [-0.1, -0.05) is 24.3 Å². The van der Waals surface area contributed by atoms with Crippen molar-refractivity contribution in [3.63, 3.8) is 0 Å². The third-order valence-corrected chi connectivity index (χ3v) is 8.60. The second kappa shape index (κ2) is 8.79. The van der Waals surface area contributed by atoms with Crippen LogP contribution in [-0.2, 0) is 26.5 Å². The molecular weight excluding hydrogens is 500 g/mol. The van der Waals surface area contributed by atoms with Crippen LogP contribution in [-0.4, -0.2) is 57.5 Å². The van der Waals surface area contributed by atoms with Crippen molar-refractivity contribution in [1.29, 1.82) is 0 Å². The number of sulfonamides is 2. The van der Waals surface area contributed by atoms with E-state index in [1.54, 1.807) is 28.9 Å². The minimum atomic E-state index is -3.46. The van der Waals surface area contributed by atoms with Crippen LogP contribution in [0.1, 0.15) is 12.0 Å². The molecule has 1 N–H and O–H groups in total. The number of hydrogen-bond acceptors (Lipinski definition) is 7. The summed E-state index contributed by atoms with van der Waals surface area (Å²) in [7, 11) is -5.33. The van der Waals surface area contributed by atoms with Crippen LogP contribution in [0.25, 0.3) is 16.8 Å². The van der Waals surface area contributed by atoms with Crippen LogP contribution in [0.2, 0.25) is 0 Å². The topological polar surface area (TPSA) is 117 Å². The Hall–Kier alpha value is -3.64.